The van der Waals surface area contributed by atoms with Gasteiger partial charge in [0.15, 0.2) is 0 Å². The fraction of sp³-hybridized carbons (Fsp3) is 0.615. The third kappa shape index (κ3) is 2.52. The van der Waals surface area contributed by atoms with Gasteiger partial charge in [0.2, 0.25) is 0 Å². The minimum atomic E-state index is -1.34. The van der Waals surface area contributed by atoms with E-state index < -0.39 is 5.67 Å². The number of nitrogens with one attached hydrogen (secondary N) is 1. The number of amides is 1. The molecule has 6 heteroatoms. The van der Waals surface area contributed by atoms with Crippen LogP contribution in [0.2, 0.25) is 0 Å². The molecule has 0 aromatic carbocycles. The third-order valence-electron chi connectivity index (χ3n) is 3.65. The molecule has 1 saturated heterocycles. The molecule has 2 heterocycles. The van der Waals surface area contributed by atoms with Gasteiger partial charge < -0.3 is 9.88 Å². The minimum Gasteiger partial charge on any atom is -0.334 e. The first-order chi connectivity index (χ1) is 8.94. The van der Waals surface area contributed by atoms with E-state index in [-0.39, 0.29) is 29.6 Å². The number of aromatic amines is 1. The molecule has 1 unspecified atom stereocenters. The van der Waals surface area contributed by atoms with Crippen molar-refractivity contribution < 1.29 is 9.18 Å². The number of aromatic nitrogens is 2. The second kappa shape index (κ2) is 4.15. The maximum absolute atomic E-state index is 13.8. The number of alkyl halides is 1. The van der Waals surface area contributed by atoms with Crippen LogP contribution >= 0.6 is 0 Å². The van der Waals surface area contributed by atoms with Crippen molar-refractivity contribution in [3.05, 3.63) is 27.9 Å². The van der Waals surface area contributed by atoms with Crippen molar-refractivity contribution in [2.24, 2.45) is 0 Å². The Bertz CT molecular complexity index is 577. The van der Waals surface area contributed by atoms with Crippen LogP contribution in [0.5, 0.6) is 0 Å². The molecule has 1 aromatic rings. The predicted octanol–water partition coefficient (Wildman–Crippen LogP) is 1.22. The van der Waals surface area contributed by atoms with Gasteiger partial charge in [0, 0.05) is 24.9 Å². The van der Waals surface area contributed by atoms with Gasteiger partial charge in [0.1, 0.15) is 17.2 Å². The van der Waals surface area contributed by atoms with Crippen LogP contribution in [0.4, 0.5) is 4.39 Å². The molecule has 0 bridgehead atoms. The van der Waals surface area contributed by atoms with E-state index >= 15 is 0 Å². The molecule has 102 valence electrons. The first-order valence-electron chi connectivity index (χ1n) is 6.54. The van der Waals surface area contributed by atoms with Gasteiger partial charge in [0.25, 0.3) is 11.5 Å². The van der Waals surface area contributed by atoms with Crippen molar-refractivity contribution in [1.29, 1.82) is 0 Å². The zero-order chi connectivity index (χ0) is 13.6. The van der Waals surface area contributed by atoms with E-state index in [4.69, 9.17) is 0 Å². The molecule has 1 amide bonds. The molecule has 2 aliphatic rings. The normalized spacial score (nSPS) is 26.7. The lowest BCUT2D eigenvalue weighted by molar-refractivity contribution is 0.0754. The number of likely N-dealkylation sites (tertiary alicyclic amines) is 1. The Hall–Kier alpha value is -1.72. The van der Waals surface area contributed by atoms with Crippen LogP contribution in [0.15, 0.2) is 10.9 Å². The number of halogens is 1. The topological polar surface area (TPSA) is 66.1 Å². The monoisotopic (exact) mass is 265 g/mol. The summed E-state index contributed by atoms with van der Waals surface area (Å²) < 4.78 is 13.8. The third-order valence-corrected chi connectivity index (χ3v) is 3.65. The molecular weight excluding hydrogens is 249 g/mol. The molecule has 2 fully saturated rings. The van der Waals surface area contributed by atoms with Crippen LogP contribution in [0, 0.1) is 0 Å². The summed E-state index contributed by atoms with van der Waals surface area (Å²) in [5, 5.41) is 0. The fourth-order valence-corrected chi connectivity index (χ4v) is 2.40. The van der Waals surface area contributed by atoms with Crippen molar-refractivity contribution in [1.82, 2.24) is 14.9 Å². The molecular formula is C13H16FN3O2. The predicted molar refractivity (Wildman–Crippen MR) is 66.9 cm³/mol. The van der Waals surface area contributed by atoms with Crippen LogP contribution in [0.1, 0.15) is 48.4 Å². The van der Waals surface area contributed by atoms with Crippen LogP contribution in [0.25, 0.3) is 0 Å². The molecule has 1 N–H and O–H groups in total. The smallest absolute Gasteiger partial charge is 0.272 e. The van der Waals surface area contributed by atoms with Crippen LogP contribution < -0.4 is 5.56 Å². The molecule has 1 saturated carbocycles. The van der Waals surface area contributed by atoms with Gasteiger partial charge in [-0.25, -0.2) is 9.37 Å². The molecule has 1 aliphatic heterocycles. The van der Waals surface area contributed by atoms with E-state index in [9.17, 15) is 14.0 Å². The van der Waals surface area contributed by atoms with E-state index in [0.29, 0.717) is 18.8 Å². The van der Waals surface area contributed by atoms with Gasteiger partial charge in [-0.2, -0.15) is 0 Å². The zero-order valence-electron chi connectivity index (χ0n) is 10.8. The van der Waals surface area contributed by atoms with Crippen molar-refractivity contribution in [3.63, 3.8) is 0 Å². The molecule has 1 aliphatic carbocycles. The van der Waals surface area contributed by atoms with Crippen LogP contribution in [-0.2, 0) is 0 Å². The maximum Gasteiger partial charge on any atom is 0.272 e. The van der Waals surface area contributed by atoms with E-state index in [1.54, 1.807) is 0 Å². The Morgan fingerprint density at radius 1 is 1.58 bits per heavy atom. The number of nitrogens with zero attached hydrogens (tertiary/aromatic N) is 2. The second-order valence-electron chi connectivity index (χ2n) is 5.68. The second-order valence-corrected chi connectivity index (χ2v) is 5.68. The lowest BCUT2D eigenvalue weighted by Gasteiger charge is -2.17. The van der Waals surface area contributed by atoms with Crippen LogP contribution in [0.3, 0.4) is 0 Å². The Morgan fingerprint density at radius 2 is 2.32 bits per heavy atom. The standard InChI is InChI=1S/C13H16FN3O2/c1-13(14)4-5-17(7-13)12(19)9-6-10(18)16-11(15-9)8-2-3-8/h6,8H,2-5,7H2,1H3,(H,15,16,18). The summed E-state index contributed by atoms with van der Waals surface area (Å²) in [5.74, 6) is 0.498. The van der Waals surface area contributed by atoms with Gasteiger partial charge in [-0.15, -0.1) is 0 Å². The number of rotatable bonds is 2. The number of carbonyl (C=O) groups is 1. The van der Waals surface area contributed by atoms with Crippen molar-refractivity contribution in [3.8, 4) is 0 Å². The average Bonchev–Trinajstić information content (AvgIpc) is 3.12. The highest BCUT2D eigenvalue weighted by Gasteiger charge is 2.37. The molecule has 19 heavy (non-hydrogen) atoms. The number of carbonyl (C=O) groups excluding carboxylic acids is 1. The Balaban J connectivity index is 1.85. The highest BCUT2D eigenvalue weighted by atomic mass is 19.1. The highest BCUT2D eigenvalue weighted by Crippen LogP contribution is 2.37. The van der Waals surface area contributed by atoms with Gasteiger partial charge in [-0.05, 0) is 19.8 Å². The maximum atomic E-state index is 13.8. The van der Waals surface area contributed by atoms with Crippen molar-refractivity contribution >= 4 is 5.91 Å². The van der Waals surface area contributed by atoms with E-state index in [1.165, 1.54) is 17.9 Å². The molecule has 3 rings (SSSR count). The Kier molecular flexibility index (Phi) is 2.69. The SMILES string of the molecule is CC1(F)CCN(C(=O)c2cc(=O)[nH]c(C3CC3)n2)C1. The summed E-state index contributed by atoms with van der Waals surface area (Å²) in [7, 11) is 0. The number of H-pyrrole nitrogens is 1. The fourth-order valence-electron chi connectivity index (χ4n) is 2.40. The van der Waals surface area contributed by atoms with Crippen molar-refractivity contribution in [2.45, 2.75) is 37.8 Å². The summed E-state index contributed by atoms with van der Waals surface area (Å²) in [5.41, 5.74) is -1.53. The first-order valence-corrected chi connectivity index (χ1v) is 6.54. The van der Waals surface area contributed by atoms with Crippen molar-refractivity contribution in [2.75, 3.05) is 13.1 Å². The van der Waals surface area contributed by atoms with Gasteiger partial charge in [0.05, 0.1) is 6.54 Å². The lowest BCUT2D eigenvalue weighted by atomic mass is 10.1. The summed E-state index contributed by atoms with van der Waals surface area (Å²) >= 11 is 0. The summed E-state index contributed by atoms with van der Waals surface area (Å²) in [6, 6.07) is 1.20. The summed E-state index contributed by atoms with van der Waals surface area (Å²) in [6.45, 7) is 1.93. The number of hydrogen-bond acceptors (Lipinski definition) is 3. The van der Waals surface area contributed by atoms with Gasteiger partial charge >= 0.3 is 0 Å². The van der Waals surface area contributed by atoms with Gasteiger partial charge in [-0.1, -0.05) is 0 Å². The minimum absolute atomic E-state index is 0.0685. The molecule has 1 aromatic heterocycles. The quantitative estimate of drug-likeness (QED) is 0.874. The lowest BCUT2D eigenvalue weighted by Crippen LogP contribution is -2.33. The van der Waals surface area contributed by atoms with E-state index in [2.05, 4.69) is 9.97 Å². The first kappa shape index (κ1) is 12.3. The molecule has 5 nitrogen and oxygen atoms in total. The van der Waals surface area contributed by atoms with Crippen LogP contribution in [-0.4, -0.2) is 39.5 Å². The van der Waals surface area contributed by atoms with E-state index in [1.807, 2.05) is 0 Å². The summed E-state index contributed by atoms with van der Waals surface area (Å²) in [4.78, 5) is 32.1. The molecule has 0 spiro atoms. The highest BCUT2D eigenvalue weighted by molar-refractivity contribution is 5.92. The van der Waals surface area contributed by atoms with Gasteiger partial charge in [-0.3, -0.25) is 9.59 Å². The summed E-state index contributed by atoms with van der Waals surface area (Å²) in [6.07, 6.45) is 2.32. The Morgan fingerprint density at radius 3 is 2.89 bits per heavy atom. The zero-order valence-corrected chi connectivity index (χ0v) is 10.8. The Labute approximate surface area is 109 Å². The average molecular weight is 265 g/mol. The molecule has 1 atom stereocenters. The molecule has 0 radical (unpaired) electrons. The largest absolute Gasteiger partial charge is 0.334 e. The number of hydrogen-bond donors (Lipinski definition) is 1. The van der Waals surface area contributed by atoms with E-state index in [0.717, 1.165) is 12.8 Å².